The average molecular weight is 454 g/mol. The Bertz CT molecular complexity index is 1550. The molecule has 0 fully saturated rings. The molecule has 170 valence electrons. The van der Waals surface area contributed by atoms with E-state index in [1.807, 2.05) is 31.3 Å². The van der Waals surface area contributed by atoms with Gasteiger partial charge in [-0.15, -0.1) is 0 Å². The summed E-state index contributed by atoms with van der Waals surface area (Å²) >= 11 is 0. The molecule has 0 radical (unpaired) electrons. The van der Waals surface area contributed by atoms with Gasteiger partial charge in [0, 0.05) is 30.2 Å². The summed E-state index contributed by atoms with van der Waals surface area (Å²) in [6, 6.07) is 11.2. The van der Waals surface area contributed by atoms with Gasteiger partial charge in [-0.3, -0.25) is 10.1 Å². The fourth-order valence-corrected chi connectivity index (χ4v) is 4.64. The maximum Gasteiger partial charge on any atom is 0.135 e. The number of rotatable bonds is 5. The van der Waals surface area contributed by atoms with Gasteiger partial charge in [0.25, 0.3) is 0 Å². The summed E-state index contributed by atoms with van der Waals surface area (Å²) in [7, 11) is 1.85. The number of nitrogens with zero attached hydrogens (tertiary/aromatic N) is 3. The zero-order chi connectivity index (χ0) is 23.1. The van der Waals surface area contributed by atoms with Crippen LogP contribution in [-0.2, 0) is 6.54 Å². The molecule has 6 rings (SSSR count). The summed E-state index contributed by atoms with van der Waals surface area (Å²) in [4.78, 5) is 12.8. The van der Waals surface area contributed by atoms with Gasteiger partial charge in [-0.05, 0) is 73.1 Å². The smallest absolute Gasteiger partial charge is 0.135 e. The maximum atomic E-state index is 14.3. The van der Waals surface area contributed by atoms with Crippen LogP contribution in [0.5, 0.6) is 0 Å². The van der Waals surface area contributed by atoms with Crippen LogP contribution in [0, 0.1) is 5.82 Å². The van der Waals surface area contributed by atoms with E-state index < -0.39 is 0 Å². The molecule has 4 aromatic heterocycles. The number of benzene rings is 1. The standard InChI is InChI=1S/C26H24FN7/c1-28-12-15-8-17(10-18(27)9-15)20-13-30-14-24-19(20)11-23(31-24)26-25-22(33-34-26)3-2-21(32-25)16-4-6-29-7-5-16/h2-4,8-11,13-14,28-29,31H,5-7,12H2,1H3,(H,33,34). The van der Waals surface area contributed by atoms with Crippen molar-refractivity contribution in [2.75, 3.05) is 20.1 Å². The van der Waals surface area contributed by atoms with Crippen molar-refractivity contribution in [2.45, 2.75) is 13.0 Å². The SMILES string of the molecule is CNCc1cc(F)cc(-c2cncc3[nH]c(-c4n[nH]c5ccc(C6=CCNCC6)nc45)cc23)c1. The lowest BCUT2D eigenvalue weighted by Gasteiger charge is -2.13. The molecule has 0 atom stereocenters. The average Bonchev–Trinajstić information content (AvgIpc) is 3.48. The van der Waals surface area contributed by atoms with E-state index in [0.717, 1.165) is 75.2 Å². The van der Waals surface area contributed by atoms with Crippen molar-refractivity contribution >= 4 is 27.5 Å². The molecule has 0 amide bonds. The Balaban J connectivity index is 1.46. The zero-order valence-electron chi connectivity index (χ0n) is 18.7. The Labute approximate surface area is 195 Å². The van der Waals surface area contributed by atoms with Gasteiger partial charge in [-0.25, -0.2) is 9.37 Å². The van der Waals surface area contributed by atoms with Crippen LogP contribution in [-0.4, -0.2) is 45.3 Å². The van der Waals surface area contributed by atoms with E-state index in [0.29, 0.717) is 6.54 Å². The Kier molecular flexibility index (Phi) is 5.16. The summed E-state index contributed by atoms with van der Waals surface area (Å²) < 4.78 is 14.3. The van der Waals surface area contributed by atoms with Gasteiger partial charge in [0.2, 0.25) is 0 Å². The third-order valence-corrected chi connectivity index (χ3v) is 6.25. The molecule has 0 saturated heterocycles. The molecule has 0 spiro atoms. The van der Waals surface area contributed by atoms with Gasteiger partial charge in [0.15, 0.2) is 0 Å². The van der Waals surface area contributed by atoms with Crippen molar-refractivity contribution in [2.24, 2.45) is 0 Å². The normalized spacial score (nSPS) is 14.1. The molecule has 0 unspecified atom stereocenters. The highest BCUT2D eigenvalue weighted by molar-refractivity contribution is 6.00. The Morgan fingerprint density at radius 3 is 2.88 bits per heavy atom. The zero-order valence-corrected chi connectivity index (χ0v) is 18.7. The number of nitrogens with one attached hydrogen (secondary N) is 4. The van der Waals surface area contributed by atoms with Gasteiger partial charge in [0.05, 0.1) is 28.6 Å². The molecule has 0 saturated carbocycles. The molecule has 5 heterocycles. The second-order valence-corrected chi connectivity index (χ2v) is 8.56. The van der Waals surface area contributed by atoms with E-state index >= 15 is 0 Å². The quantitative estimate of drug-likeness (QED) is 0.316. The van der Waals surface area contributed by atoms with Crippen LogP contribution in [0.1, 0.15) is 17.7 Å². The predicted octanol–water partition coefficient (Wildman–Crippen LogP) is 4.40. The largest absolute Gasteiger partial charge is 0.352 e. The van der Waals surface area contributed by atoms with Crippen LogP contribution >= 0.6 is 0 Å². The molecule has 8 heteroatoms. The maximum absolute atomic E-state index is 14.3. The molecular weight excluding hydrogens is 429 g/mol. The first-order valence-corrected chi connectivity index (χ1v) is 11.4. The molecular formula is C26H24FN7. The highest BCUT2D eigenvalue weighted by atomic mass is 19.1. The van der Waals surface area contributed by atoms with Crippen molar-refractivity contribution in [1.82, 2.24) is 35.8 Å². The van der Waals surface area contributed by atoms with E-state index in [2.05, 4.69) is 36.9 Å². The molecule has 7 nitrogen and oxygen atoms in total. The van der Waals surface area contributed by atoms with Crippen LogP contribution in [0.2, 0.25) is 0 Å². The summed E-state index contributed by atoms with van der Waals surface area (Å²) in [5.41, 5.74) is 8.92. The van der Waals surface area contributed by atoms with E-state index in [1.54, 1.807) is 24.5 Å². The monoisotopic (exact) mass is 453 g/mol. The number of halogens is 1. The van der Waals surface area contributed by atoms with Crippen molar-refractivity contribution in [3.63, 3.8) is 0 Å². The van der Waals surface area contributed by atoms with E-state index in [-0.39, 0.29) is 5.82 Å². The van der Waals surface area contributed by atoms with Gasteiger partial charge in [-0.1, -0.05) is 6.08 Å². The fraction of sp³-hybridized carbons (Fsp3) is 0.192. The lowest BCUT2D eigenvalue weighted by molar-refractivity contribution is 0.624. The topological polar surface area (TPSA) is 94.3 Å². The van der Waals surface area contributed by atoms with Crippen molar-refractivity contribution in [3.8, 4) is 22.5 Å². The molecule has 0 aliphatic carbocycles. The fourth-order valence-electron chi connectivity index (χ4n) is 4.64. The van der Waals surface area contributed by atoms with Gasteiger partial charge >= 0.3 is 0 Å². The Morgan fingerprint density at radius 2 is 2.03 bits per heavy atom. The van der Waals surface area contributed by atoms with Crippen LogP contribution in [0.3, 0.4) is 0 Å². The second kappa shape index (κ2) is 8.48. The van der Waals surface area contributed by atoms with E-state index in [9.17, 15) is 4.39 Å². The molecule has 1 aliphatic rings. The third-order valence-electron chi connectivity index (χ3n) is 6.25. The van der Waals surface area contributed by atoms with Crippen LogP contribution in [0.15, 0.2) is 54.9 Å². The molecule has 1 aliphatic heterocycles. The third kappa shape index (κ3) is 3.67. The van der Waals surface area contributed by atoms with Gasteiger partial charge in [0.1, 0.15) is 17.0 Å². The van der Waals surface area contributed by atoms with Crippen molar-refractivity contribution in [3.05, 3.63) is 71.9 Å². The van der Waals surface area contributed by atoms with Crippen LogP contribution in [0.4, 0.5) is 4.39 Å². The summed E-state index contributed by atoms with van der Waals surface area (Å²) in [6.45, 7) is 2.41. The number of aromatic nitrogens is 5. The number of fused-ring (bicyclic) bond motifs is 2. The first-order chi connectivity index (χ1) is 16.7. The number of aromatic amines is 2. The van der Waals surface area contributed by atoms with Crippen LogP contribution < -0.4 is 10.6 Å². The minimum Gasteiger partial charge on any atom is -0.352 e. The lowest BCUT2D eigenvalue weighted by atomic mass is 10.0. The molecule has 34 heavy (non-hydrogen) atoms. The molecule has 0 bridgehead atoms. The summed E-state index contributed by atoms with van der Waals surface area (Å²) in [5.74, 6) is -0.266. The van der Waals surface area contributed by atoms with Gasteiger partial charge < -0.3 is 15.6 Å². The first kappa shape index (κ1) is 20.7. The Hall–Kier alpha value is -3.88. The second-order valence-electron chi connectivity index (χ2n) is 8.56. The summed E-state index contributed by atoms with van der Waals surface area (Å²) in [6.07, 6.45) is 6.71. The van der Waals surface area contributed by atoms with Crippen LogP contribution in [0.25, 0.3) is 50.0 Å². The van der Waals surface area contributed by atoms with Crippen molar-refractivity contribution < 1.29 is 4.39 Å². The highest BCUT2D eigenvalue weighted by Crippen LogP contribution is 2.34. The lowest BCUT2D eigenvalue weighted by Crippen LogP contribution is -2.20. The van der Waals surface area contributed by atoms with Crippen molar-refractivity contribution in [1.29, 1.82) is 0 Å². The Morgan fingerprint density at radius 1 is 1.09 bits per heavy atom. The minimum absolute atomic E-state index is 0.266. The van der Waals surface area contributed by atoms with E-state index in [4.69, 9.17) is 4.98 Å². The number of H-pyrrole nitrogens is 2. The molecule has 5 aromatic rings. The minimum atomic E-state index is -0.266. The molecule has 4 N–H and O–H groups in total. The summed E-state index contributed by atoms with van der Waals surface area (Å²) in [5, 5.41) is 15.0. The molecule has 1 aromatic carbocycles. The highest BCUT2D eigenvalue weighted by Gasteiger charge is 2.17. The number of hydrogen-bond acceptors (Lipinski definition) is 5. The van der Waals surface area contributed by atoms with Gasteiger partial charge in [-0.2, -0.15) is 5.10 Å². The number of pyridine rings is 2. The van der Waals surface area contributed by atoms with E-state index in [1.165, 1.54) is 5.57 Å². The predicted molar refractivity (Wildman–Crippen MR) is 133 cm³/mol. The number of hydrogen-bond donors (Lipinski definition) is 4. The first-order valence-electron chi connectivity index (χ1n) is 11.4.